The van der Waals surface area contributed by atoms with Gasteiger partial charge in [0.05, 0.1) is 5.41 Å². The number of carbonyl (C=O) groups excluding carboxylic acids is 1. The summed E-state index contributed by atoms with van der Waals surface area (Å²) in [7, 11) is 0. The standard InChI is InChI=1S/C15H17N3O/c1-2-16-14(19)18-10-12-9-15(12,11-18)7-6-13-5-3-4-8-17-13/h3-5,8,12H,2,9-11H2,1H3,(H,16,19). The van der Waals surface area contributed by atoms with Gasteiger partial charge in [-0.25, -0.2) is 9.78 Å². The Bertz CT molecular complexity index is 546. The highest BCUT2D eigenvalue weighted by Gasteiger charge is 2.60. The second-order valence-corrected chi connectivity index (χ2v) is 5.24. The summed E-state index contributed by atoms with van der Waals surface area (Å²) in [5.74, 6) is 7.03. The quantitative estimate of drug-likeness (QED) is 0.773. The molecular formula is C15H17N3O. The van der Waals surface area contributed by atoms with E-state index in [-0.39, 0.29) is 11.4 Å². The maximum atomic E-state index is 11.8. The molecule has 2 amide bonds. The minimum Gasteiger partial charge on any atom is -0.338 e. The molecule has 0 radical (unpaired) electrons. The van der Waals surface area contributed by atoms with Crippen molar-refractivity contribution in [2.24, 2.45) is 11.3 Å². The Kier molecular flexibility index (Phi) is 2.90. The SMILES string of the molecule is CCNC(=O)N1CC2CC2(C#Cc2ccccn2)C1. The highest BCUT2D eigenvalue weighted by Crippen LogP contribution is 2.57. The summed E-state index contributed by atoms with van der Waals surface area (Å²) in [5.41, 5.74) is 0.835. The van der Waals surface area contributed by atoms with Crippen LogP contribution in [0.15, 0.2) is 24.4 Å². The highest BCUT2D eigenvalue weighted by molar-refractivity contribution is 5.75. The van der Waals surface area contributed by atoms with E-state index in [0.29, 0.717) is 12.5 Å². The maximum Gasteiger partial charge on any atom is 0.317 e. The molecule has 1 saturated heterocycles. The smallest absolute Gasteiger partial charge is 0.317 e. The molecule has 0 aromatic carbocycles. The number of fused-ring (bicyclic) bond motifs is 1. The van der Waals surface area contributed by atoms with Crippen LogP contribution in [0.2, 0.25) is 0 Å². The number of hydrogen-bond acceptors (Lipinski definition) is 2. The van der Waals surface area contributed by atoms with E-state index < -0.39 is 0 Å². The molecule has 2 heterocycles. The average molecular weight is 255 g/mol. The summed E-state index contributed by atoms with van der Waals surface area (Å²) in [4.78, 5) is 17.9. The van der Waals surface area contributed by atoms with Crippen LogP contribution in [0.1, 0.15) is 19.0 Å². The number of rotatable bonds is 1. The van der Waals surface area contributed by atoms with Crippen LogP contribution in [-0.2, 0) is 0 Å². The zero-order valence-electron chi connectivity index (χ0n) is 11.0. The van der Waals surface area contributed by atoms with E-state index in [1.54, 1.807) is 6.20 Å². The molecular weight excluding hydrogens is 238 g/mol. The second kappa shape index (κ2) is 4.58. The number of amides is 2. The Morgan fingerprint density at radius 1 is 1.63 bits per heavy atom. The molecule has 1 aromatic heterocycles. The van der Waals surface area contributed by atoms with Gasteiger partial charge in [0.25, 0.3) is 0 Å². The number of piperidine rings is 1. The third kappa shape index (κ3) is 2.28. The second-order valence-electron chi connectivity index (χ2n) is 5.24. The van der Waals surface area contributed by atoms with Gasteiger partial charge in [-0.1, -0.05) is 12.0 Å². The van der Waals surface area contributed by atoms with Crippen LogP contribution in [0, 0.1) is 23.2 Å². The Labute approximate surface area is 113 Å². The molecule has 2 unspecified atom stereocenters. The van der Waals surface area contributed by atoms with Crippen LogP contribution in [0.4, 0.5) is 4.79 Å². The van der Waals surface area contributed by atoms with Crippen LogP contribution >= 0.6 is 0 Å². The number of carbonyl (C=O) groups is 1. The number of urea groups is 1. The first-order valence-electron chi connectivity index (χ1n) is 6.70. The fourth-order valence-electron chi connectivity index (χ4n) is 2.72. The van der Waals surface area contributed by atoms with Gasteiger partial charge in [-0.2, -0.15) is 0 Å². The summed E-state index contributed by atoms with van der Waals surface area (Å²) in [6.07, 6.45) is 2.87. The van der Waals surface area contributed by atoms with Crippen molar-refractivity contribution in [2.45, 2.75) is 13.3 Å². The molecule has 2 atom stereocenters. The molecule has 3 rings (SSSR count). The number of nitrogens with one attached hydrogen (secondary N) is 1. The van der Waals surface area contributed by atoms with E-state index in [1.807, 2.05) is 30.0 Å². The van der Waals surface area contributed by atoms with E-state index in [9.17, 15) is 4.79 Å². The number of aromatic nitrogens is 1. The lowest BCUT2D eigenvalue weighted by Gasteiger charge is -2.19. The molecule has 2 fully saturated rings. The van der Waals surface area contributed by atoms with Crippen molar-refractivity contribution in [2.75, 3.05) is 19.6 Å². The lowest BCUT2D eigenvalue weighted by Crippen LogP contribution is -2.40. The van der Waals surface area contributed by atoms with Gasteiger partial charge in [0.15, 0.2) is 0 Å². The predicted molar refractivity (Wildman–Crippen MR) is 72.3 cm³/mol. The van der Waals surface area contributed by atoms with Crippen LogP contribution < -0.4 is 5.32 Å². The van der Waals surface area contributed by atoms with Gasteiger partial charge in [0.2, 0.25) is 0 Å². The fraction of sp³-hybridized carbons (Fsp3) is 0.467. The van der Waals surface area contributed by atoms with Crippen LogP contribution in [0.25, 0.3) is 0 Å². The van der Waals surface area contributed by atoms with Crippen molar-refractivity contribution in [1.29, 1.82) is 0 Å². The maximum absolute atomic E-state index is 11.8. The lowest BCUT2D eigenvalue weighted by atomic mass is 10.1. The summed E-state index contributed by atoms with van der Waals surface area (Å²) < 4.78 is 0. The number of nitrogens with zero attached hydrogens (tertiary/aromatic N) is 2. The molecule has 98 valence electrons. The third-order valence-corrected chi connectivity index (χ3v) is 3.87. The molecule has 0 bridgehead atoms. The normalized spacial score (nSPS) is 27.2. The average Bonchev–Trinajstić information content (AvgIpc) is 2.99. The summed E-state index contributed by atoms with van der Waals surface area (Å²) in [6.45, 7) is 4.20. The fourth-order valence-corrected chi connectivity index (χ4v) is 2.72. The topological polar surface area (TPSA) is 45.2 Å². The van der Waals surface area contributed by atoms with E-state index in [0.717, 1.165) is 25.2 Å². The van der Waals surface area contributed by atoms with Crippen LogP contribution in [0.5, 0.6) is 0 Å². The first-order chi connectivity index (χ1) is 9.23. The van der Waals surface area contributed by atoms with Gasteiger partial charge in [-0.15, -0.1) is 0 Å². The van der Waals surface area contributed by atoms with Crippen molar-refractivity contribution < 1.29 is 4.79 Å². The van der Waals surface area contributed by atoms with Crippen LogP contribution in [-0.4, -0.2) is 35.5 Å². The molecule has 4 nitrogen and oxygen atoms in total. The largest absolute Gasteiger partial charge is 0.338 e. The van der Waals surface area contributed by atoms with Gasteiger partial charge < -0.3 is 10.2 Å². The van der Waals surface area contributed by atoms with Gasteiger partial charge >= 0.3 is 6.03 Å². The van der Waals surface area contributed by atoms with E-state index >= 15 is 0 Å². The molecule has 1 aliphatic heterocycles. The van der Waals surface area contributed by atoms with Crippen molar-refractivity contribution in [3.05, 3.63) is 30.1 Å². The molecule has 1 N–H and O–H groups in total. The van der Waals surface area contributed by atoms with Crippen LogP contribution in [0.3, 0.4) is 0 Å². The molecule has 0 spiro atoms. The molecule has 1 aliphatic carbocycles. The summed E-state index contributed by atoms with van der Waals surface area (Å²) in [6, 6.07) is 5.77. The van der Waals surface area contributed by atoms with E-state index in [1.165, 1.54) is 0 Å². The lowest BCUT2D eigenvalue weighted by molar-refractivity contribution is 0.203. The van der Waals surface area contributed by atoms with Gasteiger partial charge in [-0.05, 0) is 37.3 Å². The molecule has 2 aliphatic rings. The van der Waals surface area contributed by atoms with Gasteiger partial charge in [0.1, 0.15) is 5.69 Å². The zero-order chi connectivity index (χ0) is 13.3. The minimum absolute atomic E-state index is 0.0304. The number of hydrogen-bond donors (Lipinski definition) is 1. The Balaban J connectivity index is 1.68. The zero-order valence-corrected chi connectivity index (χ0v) is 11.0. The Morgan fingerprint density at radius 2 is 2.53 bits per heavy atom. The molecule has 1 aromatic rings. The highest BCUT2D eigenvalue weighted by atomic mass is 16.2. The molecule has 4 heteroatoms. The van der Waals surface area contributed by atoms with Gasteiger partial charge in [-0.3, -0.25) is 0 Å². The Hall–Kier alpha value is -2.02. The summed E-state index contributed by atoms with van der Waals surface area (Å²) in [5, 5.41) is 2.85. The van der Waals surface area contributed by atoms with Crippen molar-refractivity contribution in [1.82, 2.24) is 15.2 Å². The Morgan fingerprint density at radius 3 is 3.26 bits per heavy atom. The van der Waals surface area contributed by atoms with Crippen molar-refractivity contribution in [3.8, 4) is 11.8 Å². The third-order valence-electron chi connectivity index (χ3n) is 3.87. The first kappa shape index (κ1) is 12.0. The predicted octanol–water partition coefficient (Wildman–Crippen LogP) is 1.48. The summed E-state index contributed by atoms with van der Waals surface area (Å²) >= 11 is 0. The first-order valence-corrected chi connectivity index (χ1v) is 6.70. The minimum atomic E-state index is 0.0304. The van der Waals surface area contributed by atoms with E-state index in [4.69, 9.17) is 0 Å². The molecule has 1 saturated carbocycles. The van der Waals surface area contributed by atoms with Gasteiger partial charge in [0, 0.05) is 25.8 Å². The monoisotopic (exact) mass is 255 g/mol. The van der Waals surface area contributed by atoms with E-state index in [2.05, 4.69) is 22.1 Å². The molecule has 19 heavy (non-hydrogen) atoms. The van der Waals surface area contributed by atoms with Crippen molar-refractivity contribution >= 4 is 6.03 Å². The number of pyridine rings is 1. The number of likely N-dealkylation sites (tertiary alicyclic amines) is 1. The van der Waals surface area contributed by atoms with Crippen molar-refractivity contribution in [3.63, 3.8) is 0 Å².